The molecule has 1 aliphatic heterocycles. The zero-order chi connectivity index (χ0) is 13.3. The molecule has 0 atom stereocenters. The Bertz CT molecular complexity index is 469. The Kier molecular flexibility index (Phi) is 3.06. The summed E-state index contributed by atoms with van der Waals surface area (Å²) in [5.41, 5.74) is 6.47. The van der Waals surface area contributed by atoms with Crippen LogP contribution in [-0.4, -0.2) is 23.9 Å². The molecular weight excluding hydrogens is 244 g/mol. The van der Waals surface area contributed by atoms with E-state index in [1.54, 1.807) is 4.90 Å². The largest absolute Gasteiger partial charge is 0.397 e. The van der Waals surface area contributed by atoms with Gasteiger partial charge in [-0.05, 0) is 6.07 Å². The zero-order valence-corrected chi connectivity index (χ0v) is 9.60. The fraction of sp³-hybridized carbons (Fsp3) is 0.455. The van der Waals surface area contributed by atoms with Crippen molar-refractivity contribution < 1.29 is 13.7 Å². The Morgan fingerprint density at radius 2 is 1.94 bits per heavy atom. The first-order valence-corrected chi connectivity index (χ1v) is 5.56. The summed E-state index contributed by atoms with van der Waals surface area (Å²) in [6, 6.07) is 4.07. The lowest BCUT2D eigenvalue weighted by molar-refractivity contribution is -0.384. The Morgan fingerprint density at radius 3 is 2.50 bits per heavy atom. The highest BCUT2D eigenvalue weighted by molar-refractivity contribution is 5.71. The van der Waals surface area contributed by atoms with Crippen LogP contribution in [-0.2, 0) is 0 Å². The van der Waals surface area contributed by atoms with Crippen molar-refractivity contribution in [2.75, 3.05) is 23.7 Å². The van der Waals surface area contributed by atoms with E-state index in [4.69, 9.17) is 5.73 Å². The number of hydrogen-bond donors (Lipinski definition) is 1. The first-order valence-electron chi connectivity index (χ1n) is 5.56. The van der Waals surface area contributed by atoms with Gasteiger partial charge in [-0.1, -0.05) is 0 Å². The van der Waals surface area contributed by atoms with E-state index in [-0.39, 0.29) is 31.6 Å². The van der Waals surface area contributed by atoms with Gasteiger partial charge in [0.1, 0.15) is 0 Å². The number of anilines is 2. The van der Waals surface area contributed by atoms with Crippen molar-refractivity contribution in [1.29, 1.82) is 0 Å². The third-order valence-electron chi connectivity index (χ3n) is 3.06. The highest BCUT2D eigenvalue weighted by Crippen LogP contribution is 2.34. The lowest BCUT2D eigenvalue weighted by Gasteiger charge is -2.33. The third-order valence-corrected chi connectivity index (χ3v) is 3.06. The Labute approximate surface area is 102 Å². The minimum absolute atomic E-state index is 0.0865. The summed E-state index contributed by atoms with van der Waals surface area (Å²) < 4.78 is 26.1. The van der Waals surface area contributed by atoms with Crippen molar-refractivity contribution in [3.05, 3.63) is 28.3 Å². The predicted molar refractivity (Wildman–Crippen MR) is 63.9 cm³/mol. The minimum Gasteiger partial charge on any atom is -0.397 e. The maximum Gasteiger partial charge on any atom is 0.271 e. The van der Waals surface area contributed by atoms with Crippen LogP contribution in [0, 0.1) is 10.1 Å². The number of piperidine rings is 1. The summed E-state index contributed by atoms with van der Waals surface area (Å²) in [5.74, 6) is -2.65. The Morgan fingerprint density at radius 1 is 1.33 bits per heavy atom. The number of benzene rings is 1. The monoisotopic (exact) mass is 257 g/mol. The molecule has 5 nitrogen and oxygen atoms in total. The van der Waals surface area contributed by atoms with E-state index >= 15 is 0 Å². The second kappa shape index (κ2) is 4.40. The summed E-state index contributed by atoms with van der Waals surface area (Å²) in [5, 5.41) is 10.7. The van der Waals surface area contributed by atoms with Gasteiger partial charge in [0.15, 0.2) is 0 Å². The van der Waals surface area contributed by atoms with E-state index in [2.05, 4.69) is 0 Å². The van der Waals surface area contributed by atoms with Gasteiger partial charge >= 0.3 is 0 Å². The number of nitro groups is 1. The van der Waals surface area contributed by atoms with Gasteiger partial charge in [-0.15, -0.1) is 0 Å². The molecule has 0 amide bonds. The molecule has 2 rings (SSSR count). The van der Waals surface area contributed by atoms with Crippen LogP contribution < -0.4 is 10.6 Å². The number of halogens is 2. The van der Waals surface area contributed by atoms with Crippen LogP contribution in [0.25, 0.3) is 0 Å². The number of alkyl halides is 2. The molecule has 1 aliphatic rings. The van der Waals surface area contributed by atoms with Crippen molar-refractivity contribution in [3.63, 3.8) is 0 Å². The summed E-state index contributed by atoms with van der Waals surface area (Å²) >= 11 is 0. The lowest BCUT2D eigenvalue weighted by Crippen LogP contribution is -2.39. The summed E-state index contributed by atoms with van der Waals surface area (Å²) in [6.07, 6.45) is -0.510. The number of nitrogens with zero attached hydrogens (tertiary/aromatic N) is 2. The number of non-ortho nitro benzene ring substituents is 1. The SMILES string of the molecule is Nc1ccc([N+](=O)[O-])cc1N1CCC(F)(F)CC1. The molecule has 7 heteroatoms. The number of nitrogens with two attached hydrogens (primary N) is 1. The molecule has 1 heterocycles. The maximum atomic E-state index is 13.0. The molecule has 0 saturated carbocycles. The van der Waals surface area contributed by atoms with Crippen LogP contribution in [0.3, 0.4) is 0 Å². The first-order chi connectivity index (χ1) is 8.39. The van der Waals surface area contributed by atoms with Crippen LogP contribution >= 0.6 is 0 Å². The van der Waals surface area contributed by atoms with Gasteiger partial charge in [-0.2, -0.15) is 0 Å². The van der Waals surface area contributed by atoms with Crippen LogP contribution in [0.1, 0.15) is 12.8 Å². The highest BCUT2D eigenvalue weighted by Gasteiger charge is 2.34. The van der Waals surface area contributed by atoms with Gasteiger partial charge in [0.2, 0.25) is 0 Å². The molecule has 0 bridgehead atoms. The van der Waals surface area contributed by atoms with E-state index in [0.717, 1.165) is 0 Å². The van der Waals surface area contributed by atoms with E-state index in [9.17, 15) is 18.9 Å². The van der Waals surface area contributed by atoms with E-state index in [1.807, 2.05) is 0 Å². The minimum atomic E-state index is -2.65. The second-order valence-corrected chi connectivity index (χ2v) is 4.34. The number of rotatable bonds is 2. The average molecular weight is 257 g/mol. The number of nitro benzene ring substituents is 1. The van der Waals surface area contributed by atoms with Crippen molar-refractivity contribution in [1.82, 2.24) is 0 Å². The molecular formula is C11H13F2N3O2. The summed E-state index contributed by atoms with van der Waals surface area (Å²) in [6.45, 7) is 0.302. The van der Waals surface area contributed by atoms with Crippen molar-refractivity contribution >= 4 is 17.1 Å². The van der Waals surface area contributed by atoms with E-state index < -0.39 is 10.8 Å². The summed E-state index contributed by atoms with van der Waals surface area (Å²) in [7, 11) is 0. The smallest absolute Gasteiger partial charge is 0.271 e. The molecule has 0 aliphatic carbocycles. The third kappa shape index (κ3) is 2.49. The molecule has 18 heavy (non-hydrogen) atoms. The van der Waals surface area contributed by atoms with Gasteiger partial charge in [0.05, 0.1) is 16.3 Å². The van der Waals surface area contributed by atoms with Crippen molar-refractivity contribution in [3.8, 4) is 0 Å². The maximum absolute atomic E-state index is 13.0. The standard InChI is InChI=1S/C11H13F2N3O2/c12-11(13)3-5-15(6-4-11)10-7-8(16(17)18)1-2-9(10)14/h1-2,7H,3-6,14H2. The van der Waals surface area contributed by atoms with Crippen LogP contribution in [0.15, 0.2) is 18.2 Å². The topological polar surface area (TPSA) is 72.4 Å². The zero-order valence-electron chi connectivity index (χ0n) is 9.60. The molecule has 0 spiro atoms. The highest BCUT2D eigenvalue weighted by atomic mass is 19.3. The number of nitrogen functional groups attached to an aromatic ring is 1. The van der Waals surface area contributed by atoms with Crippen LogP contribution in [0.5, 0.6) is 0 Å². The molecule has 2 N–H and O–H groups in total. The normalized spacial score (nSPS) is 18.7. The second-order valence-electron chi connectivity index (χ2n) is 4.34. The molecule has 1 saturated heterocycles. The van der Waals surface area contributed by atoms with E-state index in [1.165, 1.54) is 18.2 Å². The molecule has 0 radical (unpaired) electrons. The molecule has 0 unspecified atom stereocenters. The van der Waals surface area contributed by atoms with Gasteiger partial charge in [-0.3, -0.25) is 10.1 Å². The molecule has 1 fully saturated rings. The molecule has 1 aromatic carbocycles. The van der Waals surface area contributed by atoms with Crippen LogP contribution in [0.2, 0.25) is 0 Å². The van der Waals surface area contributed by atoms with Gasteiger partial charge in [0.25, 0.3) is 11.6 Å². The van der Waals surface area contributed by atoms with Crippen molar-refractivity contribution in [2.24, 2.45) is 0 Å². The fourth-order valence-electron chi connectivity index (χ4n) is 1.99. The summed E-state index contributed by atoms with van der Waals surface area (Å²) in [4.78, 5) is 11.8. The quantitative estimate of drug-likeness (QED) is 0.501. The average Bonchev–Trinajstić information content (AvgIpc) is 2.30. The van der Waals surface area contributed by atoms with E-state index in [0.29, 0.717) is 11.4 Å². The number of hydrogen-bond acceptors (Lipinski definition) is 4. The Hall–Kier alpha value is -1.92. The Balaban J connectivity index is 2.23. The first kappa shape index (κ1) is 12.5. The van der Waals surface area contributed by atoms with Crippen molar-refractivity contribution in [2.45, 2.75) is 18.8 Å². The molecule has 98 valence electrons. The van der Waals surface area contributed by atoms with Gasteiger partial charge in [0, 0.05) is 38.1 Å². The van der Waals surface area contributed by atoms with Gasteiger partial charge in [-0.25, -0.2) is 8.78 Å². The van der Waals surface area contributed by atoms with Gasteiger partial charge < -0.3 is 10.6 Å². The predicted octanol–water partition coefficient (Wildman–Crippen LogP) is 2.41. The molecule has 0 aromatic heterocycles. The fourth-order valence-corrected chi connectivity index (χ4v) is 1.99. The van der Waals surface area contributed by atoms with Crippen LogP contribution in [0.4, 0.5) is 25.8 Å². The molecule has 1 aromatic rings. The lowest BCUT2D eigenvalue weighted by atomic mass is 10.1.